The number of nitrogens with zero attached hydrogens (tertiary/aromatic N) is 2. The first-order valence-electron chi connectivity index (χ1n) is 8.06. The lowest BCUT2D eigenvalue weighted by atomic mass is 9.83. The molecule has 1 fully saturated rings. The van der Waals surface area contributed by atoms with Gasteiger partial charge in [0.25, 0.3) is 0 Å². The Morgan fingerprint density at radius 3 is 2.61 bits per heavy atom. The van der Waals surface area contributed by atoms with Gasteiger partial charge in [0.05, 0.1) is 12.8 Å². The summed E-state index contributed by atoms with van der Waals surface area (Å²) in [5.74, 6) is 0.305. The van der Waals surface area contributed by atoms with E-state index in [0.717, 1.165) is 17.0 Å². The molecule has 0 atom stereocenters. The third-order valence-electron chi connectivity index (χ3n) is 4.67. The highest BCUT2D eigenvalue weighted by atomic mass is 16.5. The first-order valence-corrected chi connectivity index (χ1v) is 8.06. The second-order valence-electron chi connectivity index (χ2n) is 6.14. The van der Waals surface area contributed by atoms with E-state index in [1.165, 1.54) is 37.7 Å². The topological polar surface area (TPSA) is 64.3 Å². The van der Waals surface area contributed by atoms with Crippen LogP contribution in [0.2, 0.25) is 0 Å². The number of benzene rings is 1. The zero-order valence-electron chi connectivity index (χ0n) is 13.6. The molecule has 0 unspecified atom stereocenters. The zero-order chi connectivity index (χ0) is 16.4. The van der Waals surface area contributed by atoms with Crippen LogP contribution in [0.1, 0.15) is 54.1 Å². The largest absolute Gasteiger partial charge is 0.496 e. The fourth-order valence-electron chi connectivity index (χ4n) is 3.44. The fraction of sp³-hybridized carbons (Fsp3) is 0.444. The SMILES string of the molecule is COc1ccc(C2CCCCC2)cc1-c1cc(C(=O)O)nn1C. The number of methoxy groups -OCH3 is 1. The van der Waals surface area contributed by atoms with Gasteiger partial charge in [-0.25, -0.2) is 4.79 Å². The quantitative estimate of drug-likeness (QED) is 0.931. The maximum Gasteiger partial charge on any atom is 0.356 e. The highest BCUT2D eigenvalue weighted by Crippen LogP contribution is 2.38. The van der Waals surface area contributed by atoms with Gasteiger partial charge in [0.2, 0.25) is 0 Å². The standard InChI is InChI=1S/C18H22N2O3/c1-20-16(11-15(19-20)18(21)22)14-10-13(8-9-17(14)23-2)12-6-4-3-5-7-12/h8-12H,3-7H2,1-2H3,(H,21,22). The first-order chi connectivity index (χ1) is 11.1. The van der Waals surface area contributed by atoms with Gasteiger partial charge in [0.15, 0.2) is 5.69 Å². The van der Waals surface area contributed by atoms with Crippen molar-refractivity contribution in [2.75, 3.05) is 7.11 Å². The third-order valence-corrected chi connectivity index (χ3v) is 4.67. The van der Waals surface area contributed by atoms with E-state index in [1.807, 2.05) is 6.07 Å². The lowest BCUT2D eigenvalue weighted by Crippen LogP contribution is -2.05. The lowest BCUT2D eigenvalue weighted by Gasteiger charge is -2.23. The van der Waals surface area contributed by atoms with Crippen LogP contribution in [0.25, 0.3) is 11.3 Å². The van der Waals surface area contributed by atoms with Crippen molar-refractivity contribution >= 4 is 5.97 Å². The summed E-state index contributed by atoms with van der Waals surface area (Å²) < 4.78 is 7.08. The van der Waals surface area contributed by atoms with Gasteiger partial charge in [0, 0.05) is 12.6 Å². The normalized spacial score (nSPS) is 15.6. The molecule has 0 spiro atoms. The molecule has 0 amide bonds. The highest BCUT2D eigenvalue weighted by Gasteiger charge is 2.20. The number of aryl methyl sites for hydroxylation is 1. The smallest absolute Gasteiger partial charge is 0.356 e. The number of aromatic nitrogens is 2. The number of carboxylic acids is 1. The van der Waals surface area contributed by atoms with Crippen LogP contribution in [-0.2, 0) is 7.05 Å². The molecule has 1 saturated carbocycles. The minimum Gasteiger partial charge on any atom is -0.496 e. The minimum absolute atomic E-state index is 0.0487. The molecular formula is C18H22N2O3. The van der Waals surface area contributed by atoms with Crippen LogP contribution in [0.5, 0.6) is 5.75 Å². The Balaban J connectivity index is 2.04. The number of ether oxygens (including phenoxy) is 1. The van der Waals surface area contributed by atoms with Crippen LogP contribution in [0.15, 0.2) is 24.3 Å². The first kappa shape index (κ1) is 15.6. The molecule has 122 valence electrons. The molecule has 1 N–H and O–H groups in total. The Labute approximate surface area is 135 Å². The van der Waals surface area contributed by atoms with Crippen molar-refractivity contribution in [3.8, 4) is 17.0 Å². The molecule has 1 aliphatic carbocycles. The van der Waals surface area contributed by atoms with E-state index < -0.39 is 5.97 Å². The van der Waals surface area contributed by atoms with Gasteiger partial charge in [-0.2, -0.15) is 5.10 Å². The van der Waals surface area contributed by atoms with Crippen LogP contribution in [0, 0.1) is 0 Å². The van der Waals surface area contributed by atoms with Crippen molar-refractivity contribution in [2.24, 2.45) is 7.05 Å². The Bertz CT molecular complexity index is 715. The second kappa shape index (κ2) is 6.44. The summed E-state index contributed by atoms with van der Waals surface area (Å²) in [5.41, 5.74) is 3.01. The predicted octanol–water partition coefficient (Wildman–Crippen LogP) is 3.84. The van der Waals surface area contributed by atoms with E-state index in [2.05, 4.69) is 17.2 Å². The molecule has 1 aromatic carbocycles. The second-order valence-corrected chi connectivity index (χ2v) is 6.14. The van der Waals surface area contributed by atoms with Gasteiger partial charge in [-0.3, -0.25) is 4.68 Å². The number of hydrogen-bond acceptors (Lipinski definition) is 3. The van der Waals surface area contributed by atoms with Crippen molar-refractivity contribution in [3.63, 3.8) is 0 Å². The molecule has 0 aliphatic heterocycles. The average molecular weight is 314 g/mol. The fourth-order valence-corrected chi connectivity index (χ4v) is 3.44. The van der Waals surface area contributed by atoms with Gasteiger partial charge in [-0.1, -0.05) is 25.3 Å². The minimum atomic E-state index is -1.02. The molecule has 0 saturated heterocycles. The lowest BCUT2D eigenvalue weighted by molar-refractivity contribution is 0.0689. The zero-order valence-corrected chi connectivity index (χ0v) is 13.6. The molecule has 23 heavy (non-hydrogen) atoms. The summed E-state index contributed by atoms with van der Waals surface area (Å²) in [7, 11) is 3.39. The molecule has 0 radical (unpaired) electrons. The third kappa shape index (κ3) is 3.09. The molecule has 1 aromatic heterocycles. The average Bonchev–Trinajstić information content (AvgIpc) is 2.97. The molecule has 2 aromatic rings. The Morgan fingerprint density at radius 1 is 1.26 bits per heavy atom. The van der Waals surface area contributed by atoms with E-state index in [9.17, 15) is 4.79 Å². The summed E-state index contributed by atoms with van der Waals surface area (Å²) >= 11 is 0. The highest BCUT2D eigenvalue weighted by molar-refractivity contribution is 5.87. The monoisotopic (exact) mass is 314 g/mol. The van der Waals surface area contributed by atoms with Crippen molar-refractivity contribution < 1.29 is 14.6 Å². The van der Waals surface area contributed by atoms with Crippen LogP contribution in [0.4, 0.5) is 0 Å². The summed E-state index contributed by atoms with van der Waals surface area (Å²) in [6, 6.07) is 7.85. The van der Waals surface area contributed by atoms with E-state index in [0.29, 0.717) is 5.92 Å². The van der Waals surface area contributed by atoms with Crippen LogP contribution in [-0.4, -0.2) is 28.0 Å². The van der Waals surface area contributed by atoms with Crippen LogP contribution >= 0.6 is 0 Å². The summed E-state index contributed by atoms with van der Waals surface area (Å²) in [5, 5.41) is 13.2. The maximum atomic E-state index is 11.2. The summed E-state index contributed by atoms with van der Waals surface area (Å²) in [6.07, 6.45) is 6.32. The Kier molecular flexibility index (Phi) is 4.37. The van der Waals surface area contributed by atoms with Gasteiger partial charge >= 0.3 is 5.97 Å². The number of rotatable bonds is 4. The van der Waals surface area contributed by atoms with E-state index in [1.54, 1.807) is 24.9 Å². The van der Waals surface area contributed by atoms with Gasteiger partial charge in [-0.15, -0.1) is 0 Å². The van der Waals surface area contributed by atoms with Gasteiger partial charge < -0.3 is 9.84 Å². The molecule has 3 rings (SSSR count). The van der Waals surface area contributed by atoms with E-state index in [-0.39, 0.29) is 5.69 Å². The molecule has 1 heterocycles. The summed E-state index contributed by atoms with van der Waals surface area (Å²) in [4.78, 5) is 11.2. The molecule has 1 aliphatic rings. The van der Waals surface area contributed by atoms with E-state index in [4.69, 9.17) is 9.84 Å². The number of hydrogen-bond donors (Lipinski definition) is 1. The van der Waals surface area contributed by atoms with Crippen molar-refractivity contribution in [2.45, 2.75) is 38.0 Å². The van der Waals surface area contributed by atoms with Gasteiger partial charge in [0.1, 0.15) is 5.75 Å². The predicted molar refractivity (Wildman–Crippen MR) is 88.0 cm³/mol. The van der Waals surface area contributed by atoms with Crippen LogP contribution in [0.3, 0.4) is 0 Å². The molecule has 5 nitrogen and oxygen atoms in total. The van der Waals surface area contributed by atoms with Crippen molar-refractivity contribution in [1.29, 1.82) is 0 Å². The van der Waals surface area contributed by atoms with E-state index >= 15 is 0 Å². The molecular weight excluding hydrogens is 292 g/mol. The van der Waals surface area contributed by atoms with Crippen molar-refractivity contribution in [1.82, 2.24) is 9.78 Å². The molecule has 5 heteroatoms. The number of aromatic carboxylic acids is 1. The van der Waals surface area contributed by atoms with Crippen molar-refractivity contribution in [3.05, 3.63) is 35.5 Å². The maximum absolute atomic E-state index is 11.2. The number of carbonyl (C=O) groups is 1. The Morgan fingerprint density at radius 2 is 2.00 bits per heavy atom. The van der Waals surface area contributed by atoms with Crippen LogP contribution < -0.4 is 4.74 Å². The number of carboxylic acid groups (broad SMARTS) is 1. The Hall–Kier alpha value is -2.30. The van der Waals surface area contributed by atoms with Gasteiger partial charge in [-0.05, 0) is 42.5 Å². The summed E-state index contributed by atoms with van der Waals surface area (Å²) in [6.45, 7) is 0. The molecule has 0 bridgehead atoms.